The van der Waals surface area contributed by atoms with Crippen LogP contribution in [0.15, 0.2) is 51.3 Å². The zero-order valence-corrected chi connectivity index (χ0v) is 17.6. The van der Waals surface area contributed by atoms with Crippen molar-refractivity contribution >= 4 is 17.3 Å². The van der Waals surface area contributed by atoms with Gasteiger partial charge in [-0.05, 0) is 37.7 Å². The van der Waals surface area contributed by atoms with E-state index in [-0.39, 0.29) is 28.8 Å². The second-order valence-electron chi connectivity index (χ2n) is 7.92. The van der Waals surface area contributed by atoms with E-state index < -0.39 is 0 Å². The molecule has 1 aromatic heterocycles. The molecule has 0 fully saturated rings. The maximum Gasteiger partial charge on any atom is 0.168 e. The number of oxime groups is 1. The third-order valence-corrected chi connectivity index (χ3v) is 5.82. The molecule has 0 spiro atoms. The molecule has 2 aliphatic rings. The number of ketones is 2. The largest absolute Gasteiger partial charge is 0.511 e. The second kappa shape index (κ2) is 9.29. The molecule has 2 aromatic rings. The molecule has 1 unspecified atom stereocenters. The molecule has 0 saturated carbocycles. The minimum Gasteiger partial charge on any atom is -0.511 e. The number of fused-ring (bicyclic) bond motifs is 1. The van der Waals surface area contributed by atoms with Crippen LogP contribution in [0, 0.1) is 0 Å². The summed E-state index contributed by atoms with van der Waals surface area (Å²) in [5, 5.41) is 18.5. The van der Waals surface area contributed by atoms with Crippen molar-refractivity contribution in [1.29, 1.82) is 0 Å². The summed E-state index contributed by atoms with van der Waals surface area (Å²) in [4.78, 5) is 30.5. The number of rotatable bonds is 7. The van der Waals surface area contributed by atoms with Crippen molar-refractivity contribution in [3.05, 3.63) is 64.2 Å². The van der Waals surface area contributed by atoms with Crippen molar-refractivity contribution in [2.75, 3.05) is 6.61 Å². The van der Waals surface area contributed by atoms with E-state index in [0.717, 1.165) is 5.56 Å². The summed E-state index contributed by atoms with van der Waals surface area (Å²) < 4.78 is 5.54. The van der Waals surface area contributed by atoms with Gasteiger partial charge in [0, 0.05) is 25.7 Å². The highest BCUT2D eigenvalue weighted by Crippen LogP contribution is 2.34. The Balaban J connectivity index is 1.54. The van der Waals surface area contributed by atoms with E-state index in [0.29, 0.717) is 74.3 Å². The van der Waals surface area contributed by atoms with Crippen LogP contribution in [-0.2, 0) is 22.5 Å². The van der Waals surface area contributed by atoms with E-state index in [1.807, 2.05) is 30.3 Å². The first kappa shape index (κ1) is 21.0. The van der Waals surface area contributed by atoms with Crippen LogP contribution >= 0.6 is 0 Å². The van der Waals surface area contributed by atoms with E-state index in [1.54, 1.807) is 6.92 Å². The van der Waals surface area contributed by atoms with Gasteiger partial charge in [0.1, 0.15) is 18.1 Å². The molecule has 7 heteroatoms. The number of aryl methyl sites for hydroxylation is 1. The van der Waals surface area contributed by atoms with Crippen molar-refractivity contribution in [3.8, 4) is 0 Å². The topological polar surface area (TPSA) is 102 Å². The Morgan fingerprint density at radius 1 is 1.19 bits per heavy atom. The first-order valence-electron chi connectivity index (χ1n) is 10.8. The van der Waals surface area contributed by atoms with E-state index in [4.69, 9.17) is 9.36 Å². The lowest BCUT2D eigenvalue weighted by atomic mass is 9.81. The van der Waals surface area contributed by atoms with Crippen molar-refractivity contribution in [2.45, 2.75) is 57.8 Å². The lowest BCUT2D eigenvalue weighted by Crippen LogP contribution is -2.21. The van der Waals surface area contributed by atoms with Crippen molar-refractivity contribution in [3.63, 3.8) is 0 Å². The Hall–Kier alpha value is -3.22. The van der Waals surface area contributed by atoms with Gasteiger partial charge in [-0.15, -0.1) is 0 Å². The number of carbonyl (C=O) groups excluding carboxylic acids is 2. The summed E-state index contributed by atoms with van der Waals surface area (Å²) in [7, 11) is 0. The van der Waals surface area contributed by atoms with Gasteiger partial charge in [-0.1, -0.05) is 40.6 Å². The Bertz CT molecular complexity index is 1040. The normalized spacial score (nSPS) is 19.5. The van der Waals surface area contributed by atoms with Gasteiger partial charge in [0.05, 0.1) is 22.5 Å². The highest BCUT2D eigenvalue weighted by atomic mass is 16.6. The standard InChI is InChI=1S/C24H26N2O5/c1-2-30-25-17(23-19(27)9-6-10-20(23)28)11-12-18-24-21(29)13-16(14-22(24)31-26-18)15-7-4-3-5-8-15/h3-5,7-8,16,27H,2,6,9-14H2,1H3. The molecule has 162 valence electrons. The molecule has 7 nitrogen and oxygen atoms in total. The van der Waals surface area contributed by atoms with Crippen LogP contribution in [0.25, 0.3) is 0 Å². The third kappa shape index (κ3) is 4.45. The highest BCUT2D eigenvalue weighted by molar-refractivity contribution is 6.23. The van der Waals surface area contributed by atoms with Gasteiger partial charge in [-0.3, -0.25) is 9.59 Å². The van der Waals surface area contributed by atoms with Crippen LogP contribution < -0.4 is 0 Å². The fourth-order valence-corrected chi connectivity index (χ4v) is 4.32. The minimum atomic E-state index is -0.133. The van der Waals surface area contributed by atoms with E-state index in [2.05, 4.69) is 10.3 Å². The summed E-state index contributed by atoms with van der Waals surface area (Å²) in [5.41, 5.74) is 2.87. The Kier molecular flexibility index (Phi) is 6.30. The molecular formula is C24H26N2O5. The van der Waals surface area contributed by atoms with Gasteiger partial charge in [-0.25, -0.2) is 0 Å². The molecule has 31 heavy (non-hydrogen) atoms. The van der Waals surface area contributed by atoms with Crippen LogP contribution in [0.5, 0.6) is 0 Å². The number of benzene rings is 1. The molecule has 0 radical (unpaired) electrons. The number of carbonyl (C=O) groups is 2. The summed E-state index contributed by atoms with van der Waals surface area (Å²) in [6.45, 7) is 2.15. The number of hydrogen-bond acceptors (Lipinski definition) is 7. The Labute approximate surface area is 180 Å². The lowest BCUT2D eigenvalue weighted by molar-refractivity contribution is -0.115. The first-order chi connectivity index (χ1) is 15.1. The van der Waals surface area contributed by atoms with Gasteiger partial charge in [-0.2, -0.15) is 0 Å². The van der Waals surface area contributed by atoms with E-state index in [9.17, 15) is 14.7 Å². The van der Waals surface area contributed by atoms with Gasteiger partial charge < -0.3 is 14.5 Å². The molecule has 0 saturated heterocycles. The van der Waals surface area contributed by atoms with Crippen molar-refractivity contribution in [1.82, 2.24) is 5.16 Å². The molecular weight excluding hydrogens is 396 g/mol. The number of aliphatic hydroxyl groups is 1. The van der Waals surface area contributed by atoms with Crippen LogP contribution in [0.4, 0.5) is 0 Å². The predicted octanol–water partition coefficient (Wildman–Crippen LogP) is 4.48. The average Bonchev–Trinajstić information content (AvgIpc) is 3.19. The fourth-order valence-electron chi connectivity index (χ4n) is 4.32. The smallest absolute Gasteiger partial charge is 0.168 e. The summed E-state index contributed by atoms with van der Waals surface area (Å²) >= 11 is 0. The molecule has 1 atom stereocenters. The lowest BCUT2D eigenvalue weighted by Gasteiger charge is -2.20. The summed E-state index contributed by atoms with van der Waals surface area (Å²) in [6.07, 6.45) is 3.19. The quantitative estimate of drug-likeness (QED) is 0.521. The van der Waals surface area contributed by atoms with Crippen LogP contribution in [0.1, 0.15) is 72.3 Å². The van der Waals surface area contributed by atoms with Crippen LogP contribution in [0.2, 0.25) is 0 Å². The predicted molar refractivity (Wildman–Crippen MR) is 114 cm³/mol. The molecule has 0 amide bonds. The van der Waals surface area contributed by atoms with Gasteiger partial charge in [0.25, 0.3) is 0 Å². The van der Waals surface area contributed by atoms with Crippen molar-refractivity contribution in [2.24, 2.45) is 5.16 Å². The highest BCUT2D eigenvalue weighted by Gasteiger charge is 2.33. The Morgan fingerprint density at radius 3 is 2.74 bits per heavy atom. The van der Waals surface area contributed by atoms with Gasteiger partial charge in [0.2, 0.25) is 0 Å². The zero-order chi connectivity index (χ0) is 21.8. The van der Waals surface area contributed by atoms with Gasteiger partial charge >= 0.3 is 0 Å². The maximum absolute atomic E-state index is 12.9. The first-order valence-corrected chi connectivity index (χ1v) is 10.8. The molecule has 2 aliphatic carbocycles. The number of aliphatic hydroxyl groups excluding tert-OH is 1. The number of aromatic nitrogens is 1. The molecule has 1 N–H and O–H groups in total. The number of Topliss-reactive ketones (excluding diaryl/α,β-unsaturated/α-hetero) is 2. The minimum absolute atomic E-state index is 0.0189. The van der Waals surface area contributed by atoms with E-state index in [1.165, 1.54) is 0 Å². The number of hydrogen-bond donors (Lipinski definition) is 1. The monoisotopic (exact) mass is 422 g/mol. The SMILES string of the molecule is CCON=C(CCc1noc2c1C(=O)CC(c1ccccc1)C2)C1=C(O)CCCC1=O. The molecule has 4 rings (SSSR count). The zero-order valence-electron chi connectivity index (χ0n) is 17.6. The maximum atomic E-state index is 12.9. The average molecular weight is 422 g/mol. The molecule has 0 aliphatic heterocycles. The summed E-state index contributed by atoms with van der Waals surface area (Å²) in [6, 6.07) is 9.95. The molecule has 0 bridgehead atoms. The number of allylic oxidation sites excluding steroid dienone is 2. The fraction of sp³-hybridized carbons (Fsp3) is 0.417. The molecule has 1 aromatic carbocycles. The summed E-state index contributed by atoms with van der Waals surface area (Å²) in [5.74, 6) is 0.633. The van der Waals surface area contributed by atoms with E-state index >= 15 is 0 Å². The van der Waals surface area contributed by atoms with Crippen molar-refractivity contribution < 1.29 is 24.1 Å². The third-order valence-electron chi connectivity index (χ3n) is 5.82. The Morgan fingerprint density at radius 2 is 2.00 bits per heavy atom. The van der Waals surface area contributed by atoms with Gasteiger partial charge in [0.15, 0.2) is 11.6 Å². The number of nitrogens with zero attached hydrogens (tertiary/aromatic N) is 2. The molecule has 1 heterocycles. The van der Waals surface area contributed by atoms with Crippen LogP contribution in [0.3, 0.4) is 0 Å². The second-order valence-corrected chi connectivity index (χ2v) is 7.92. The van der Waals surface area contributed by atoms with Crippen LogP contribution in [-0.4, -0.2) is 34.1 Å².